The third-order valence-electron chi connectivity index (χ3n) is 3.01. The normalized spacial score (nSPS) is 16.8. The fourth-order valence-corrected chi connectivity index (χ4v) is 2.44. The Balaban J connectivity index is 2.12. The summed E-state index contributed by atoms with van der Waals surface area (Å²) in [6.07, 6.45) is 0.239. The molecule has 1 aromatic carbocycles. The van der Waals surface area contributed by atoms with Crippen molar-refractivity contribution in [3.63, 3.8) is 0 Å². The van der Waals surface area contributed by atoms with E-state index in [1.807, 2.05) is 6.07 Å². The van der Waals surface area contributed by atoms with Gasteiger partial charge in [-0.2, -0.15) is 5.26 Å². The Hall–Kier alpha value is -1.91. The average Bonchev–Trinajstić information content (AvgIpc) is 2.64. The fourth-order valence-electron chi connectivity index (χ4n) is 2.06. The molecule has 0 saturated carbocycles. The quantitative estimate of drug-likeness (QED) is 0.795. The Morgan fingerprint density at radius 3 is 3.00 bits per heavy atom. The molecule has 1 unspecified atom stereocenters. The van der Waals surface area contributed by atoms with Crippen LogP contribution in [0.3, 0.4) is 0 Å². The van der Waals surface area contributed by atoms with E-state index >= 15 is 0 Å². The molecule has 3 N–H and O–H groups in total. The summed E-state index contributed by atoms with van der Waals surface area (Å²) in [6.45, 7) is 0.184. The molecule has 0 aromatic heterocycles. The number of hydrogen-bond donors (Lipinski definition) is 2. The molecule has 1 atom stereocenters. The number of carbonyl (C=O) groups is 2. The molecule has 2 rings (SSSR count). The number of halogens is 1. The van der Waals surface area contributed by atoms with Gasteiger partial charge in [-0.25, -0.2) is 0 Å². The first-order chi connectivity index (χ1) is 9.54. The Labute approximate surface area is 124 Å². The molecule has 2 amide bonds. The largest absolute Gasteiger partial charge is 0.354 e. The van der Waals surface area contributed by atoms with Gasteiger partial charge < -0.3 is 16.0 Å². The maximum absolute atomic E-state index is 12.1. The molecule has 0 saturated heterocycles. The molecule has 0 aliphatic carbocycles. The predicted octanol–water partition coefficient (Wildman–Crippen LogP) is 0.825. The van der Waals surface area contributed by atoms with Crippen molar-refractivity contribution < 1.29 is 9.59 Å². The second-order valence-electron chi connectivity index (χ2n) is 4.36. The van der Waals surface area contributed by atoms with Crippen LogP contribution < -0.4 is 16.0 Å². The van der Waals surface area contributed by atoms with E-state index in [4.69, 9.17) is 11.0 Å². The highest BCUT2D eigenvalue weighted by Gasteiger charge is 2.35. The molecule has 1 aliphatic heterocycles. The maximum atomic E-state index is 12.1. The van der Waals surface area contributed by atoms with Crippen LogP contribution in [0.5, 0.6) is 0 Å². The summed E-state index contributed by atoms with van der Waals surface area (Å²) in [5.41, 5.74) is 7.22. The van der Waals surface area contributed by atoms with E-state index in [1.54, 1.807) is 18.2 Å². The SMILES string of the molecule is N#CCCNC(=O)CN1C(=O)C(N)c2cc(Br)ccc21. The zero-order valence-corrected chi connectivity index (χ0v) is 12.2. The van der Waals surface area contributed by atoms with Crippen molar-refractivity contribution in [1.82, 2.24) is 5.32 Å². The minimum atomic E-state index is -0.741. The third-order valence-corrected chi connectivity index (χ3v) is 3.50. The van der Waals surface area contributed by atoms with Crippen LogP contribution in [0.1, 0.15) is 18.0 Å². The lowest BCUT2D eigenvalue weighted by Gasteiger charge is -2.17. The number of carbonyl (C=O) groups excluding carboxylic acids is 2. The van der Waals surface area contributed by atoms with E-state index in [1.165, 1.54) is 4.90 Å². The zero-order valence-electron chi connectivity index (χ0n) is 10.6. The predicted molar refractivity (Wildman–Crippen MR) is 76.7 cm³/mol. The van der Waals surface area contributed by atoms with E-state index in [0.29, 0.717) is 11.3 Å². The molecule has 0 radical (unpaired) electrons. The first-order valence-electron chi connectivity index (χ1n) is 6.04. The van der Waals surface area contributed by atoms with Crippen molar-refractivity contribution in [2.75, 3.05) is 18.0 Å². The van der Waals surface area contributed by atoms with E-state index in [2.05, 4.69) is 21.2 Å². The summed E-state index contributed by atoms with van der Waals surface area (Å²) in [5, 5.41) is 11.0. The average molecular weight is 337 g/mol. The Morgan fingerprint density at radius 1 is 1.55 bits per heavy atom. The summed E-state index contributed by atoms with van der Waals surface area (Å²) in [5.74, 6) is -0.606. The van der Waals surface area contributed by atoms with Crippen LogP contribution >= 0.6 is 15.9 Å². The molecule has 1 heterocycles. The number of fused-ring (bicyclic) bond motifs is 1. The number of rotatable bonds is 4. The van der Waals surface area contributed by atoms with Crippen LogP contribution in [-0.4, -0.2) is 24.9 Å². The topological polar surface area (TPSA) is 99.2 Å². The van der Waals surface area contributed by atoms with Crippen LogP contribution in [0.4, 0.5) is 5.69 Å². The zero-order chi connectivity index (χ0) is 14.7. The van der Waals surface area contributed by atoms with Gasteiger partial charge in [0, 0.05) is 22.3 Å². The molecular formula is C13H13BrN4O2. The van der Waals surface area contributed by atoms with Gasteiger partial charge in [0.2, 0.25) is 11.8 Å². The Morgan fingerprint density at radius 2 is 2.30 bits per heavy atom. The summed E-state index contributed by atoms with van der Waals surface area (Å²) in [7, 11) is 0. The number of amides is 2. The molecular weight excluding hydrogens is 324 g/mol. The molecule has 104 valence electrons. The fraction of sp³-hybridized carbons (Fsp3) is 0.308. The molecule has 0 bridgehead atoms. The Kier molecular flexibility index (Phi) is 4.37. The van der Waals surface area contributed by atoms with Crippen LogP contribution in [-0.2, 0) is 9.59 Å². The van der Waals surface area contributed by atoms with Gasteiger partial charge in [0.15, 0.2) is 0 Å². The summed E-state index contributed by atoms with van der Waals surface area (Å²) >= 11 is 3.33. The molecule has 0 spiro atoms. The van der Waals surface area contributed by atoms with E-state index in [0.717, 1.165) is 4.47 Å². The van der Waals surface area contributed by atoms with E-state index < -0.39 is 6.04 Å². The molecule has 1 aromatic rings. The highest BCUT2D eigenvalue weighted by Crippen LogP contribution is 2.35. The second-order valence-corrected chi connectivity index (χ2v) is 5.28. The third kappa shape index (κ3) is 2.81. The Bertz CT molecular complexity index is 597. The van der Waals surface area contributed by atoms with Crippen LogP contribution in [0.15, 0.2) is 22.7 Å². The van der Waals surface area contributed by atoms with Crippen molar-refractivity contribution in [3.8, 4) is 6.07 Å². The lowest BCUT2D eigenvalue weighted by Crippen LogP contribution is -2.40. The molecule has 0 fully saturated rings. The summed E-state index contributed by atoms with van der Waals surface area (Å²) in [4.78, 5) is 25.2. The van der Waals surface area contributed by atoms with Gasteiger partial charge in [0.1, 0.15) is 12.6 Å². The smallest absolute Gasteiger partial charge is 0.249 e. The number of nitrogens with zero attached hydrogens (tertiary/aromatic N) is 2. The lowest BCUT2D eigenvalue weighted by atomic mass is 10.1. The van der Waals surface area contributed by atoms with Gasteiger partial charge in [-0.1, -0.05) is 15.9 Å². The van der Waals surface area contributed by atoms with Crippen LogP contribution in [0, 0.1) is 11.3 Å². The molecule has 6 nitrogen and oxygen atoms in total. The number of anilines is 1. The highest BCUT2D eigenvalue weighted by molar-refractivity contribution is 9.10. The van der Waals surface area contributed by atoms with Gasteiger partial charge in [-0.15, -0.1) is 0 Å². The molecule has 20 heavy (non-hydrogen) atoms. The lowest BCUT2D eigenvalue weighted by molar-refractivity contribution is -0.124. The minimum absolute atomic E-state index is 0.0907. The molecule has 1 aliphatic rings. The first kappa shape index (κ1) is 14.5. The first-order valence-corrected chi connectivity index (χ1v) is 6.84. The highest BCUT2D eigenvalue weighted by atomic mass is 79.9. The van der Waals surface area contributed by atoms with Crippen molar-refractivity contribution >= 4 is 33.4 Å². The number of nitrogens with two attached hydrogens (primary N) is 1. The van der Waals surface area contributed by atoms with Gasteiger partial charge in [-0.05, 0) is 18.2 Å². The number of hydrogen-bond acceptors (Lipinski definition) is 4. The van der Waals surface area contributed by atoms with Gasteiger partial charge in [-0.3, -0.25) is 9.59 Å². The van der Waals surface area contributed by atoms with E-state index in [-0.39, 0.29) is 31.3 Å². The minimum Gasteiger partial charge on any atom is -0.354 e. The second kappa shape index (κ2) is 6.03. The standard InChI is InChI=1S/C13H13BrN4O2/c14-8-2-3-10-9(6-8)12(16)13(20)18(10)7-11(19)17-5-1-4-15/h2-3,6,12H,1,5,7,16H2,(H,17,19). The van der Waals surface area contributed by atoms with Crippen molar-refractivity contribution in [1.29, 1.82) is 5.26 Å². The monoisotopic (exact) mass is 336 g/mol. The van der Waals surface area contributed by atoms with Crippen molar-refractivity contribution in [3.05, 3.63) is 28.2 Å². The van der Waals surface area contributed by atoms with Gasteiger partial charge >= 0.3 is 0 Å². The molecule has 7 heteroatoms. The summed E-state index contributed by atoms with van der Waals surface area (Å²) < 4.78 is 0.833. The van der Waals surface area contributed by atoms with Crippen molar-refractivity contribution in [2.24, 2.45) is 5.73 Å². The number of nitriles is 1. The number of nitrogens with one attached hydrogen (secondary N) is 1. The van der Waals surface area contributed by atoms with Gasteiger partial charge in [0.05, 0.1) is 12.5 Å². The van der Waals surface area contributed by atoms with Crippen LogP contribution in [0.25, 0.3) is 0 Å². The summed E-state index contributed by atoms with van der Waals surface area (Å²) in [6, 6.07) is 6.53. The van der Waals surface area contributed by atoms with Crippen LogP contribution in [0.2, 0.25) is 0 Å². The van der Waals surface area contributed by atoms with Crippen molar-refractivity contribution in [2.45, 2.75) is 12.5 Å². The number of benzene rings is 1. The van der Waals surface area contributed by atoms with Gasteiger partial charge in [0.25, 0.3) is 0 Å². The maximum Gasteiger partial charge on any atom is 0.249 e. The van der Waals surface area contributed by atoms with E-state index in [9.17, 15) is 9.59 Å².